The van der Waals surface area contributed by atoms with Gasteiger partial charge in [-0.1, -0.05) is 18.2 Å². The predicted octanol–water partition coefficient (Wildman–Crippen LogP) is 3.58. The number of morpholine rings is 1. The molecule has 0 amide bonds. The number of rotatable bonds is 5. The van der Waals surface area contributed by atoms with Gasteiger partial charge in [-0.2, -0.15) is 0 Å². The van der Waals surface area contributed by atoms with Gasteiger partial charge in [-0.3, -0.25) is 9.80 Å². The van der Waals surface area contributed by atoms with Crippen LogP contribution in [0.2, 0.25) is 0 Å². The molecule has 3 aliphatic heterocycles. The zero-order valence-electron chi connectivity index (χ0n) is 20.2. The number of fused-ring (bicyclic) bond motifs is 2. The number of hydrogen-bond donors (Lipinski definition) is 1. The molecule has 0 aliphatic carbocycles. The van der Waals surface area contributed by atoms with Crippen LogP contribution in [-0.4, -0.2) is 73.4 Å². The summed E-state index contributed by atoms with van der Waals surface area (Å²) in [4.78, 5) is 19.6. The summed E-state index contributed by atoms with van der Waals surface area (Å²) in [6, 6.07) is 6.91. The summed E-state index contributed by atoms with van der Waals surface area (Å²) in [5.74, 6) is -0.888. The fourth-order valence-corrected chi connectivity index (χ4v) is 5.38. The van der Waals surface area contributed by atoms with Crippen molar-refractivity contribution in [1.29, 1.82) is 0 Å². The first-order valence-electron chi connectivity index (χ1n) is 11.7. The Balaban J connectivity index is 0.00000304. The van der Waals surface area contributed by atoms with E-state index in [1.807, 2.05) is 13.0 Å². The van der Waals surface area contributed by atoms with Crippen molar-refractivity contribution in [1.82, 2.24) is 9.80 Å². The third kappa shape index (κ3) is 4.67. The van der Waals surface area contributed by atoms with Gasteiger partial charge in [0.05, 0.1) is 38.1 Å². The monoisotopic (exact) mass is 517 g/mol. The topological polar surface area (TPSA) is 75.8 Å². The van der Waals surface area contributed by atoms with Crippen LogP contribution in [0.4, 0.5) is 10.1 Å². The molecule has 2 fully saturated rings. The standard InChI is InChI=1S/C26H28FN3O5.ClH/c1-15-17(4-5-18-20(15)14-35-26(18)32)22(31)11-29-8-9-30-12-23(34-13-16(30)10-29)19-6-7-21(28-2)24(27)25(19)33-3;/h4-7,16,22-23,31H,8-14H2,1,3H3;1H/t16-,22+,23+;/m1./s1. The molecule has 3 heterocycles. The van der Waals surface area contributed by atoms with E-state index in [-0.39, 0.29) is 48.6 Å². The van der Waals surface area contributed by atoms with Crippen molar-refractivity contribution < 1.29 is 28.5 Å². The number of carbonyl (C=O) groups is 1. The predicted molar refractivity (Wildman–Crippen MR) is 132 cm³/mol. The summed E-state index contributed by atoms with van der Waals surface area (Å²) in [7, 11) is 1.40. The Kier molecular flexibility index (Phi) is 7.83. The summed E-state index contributed by atoms with van der Waals surface area (Å²) in [6.45, 7) is 13.2. The van der Waals surface area contributed by atoms with Crippen LogP contribution in [0, 0.1) is 19.3 Å². The van der Waals surface area contributed by atoms with Crippen molar-refractivity contribution in [3.8, 4) is 5.75 Å². The van der Waals surface area contributed by atoms with Crippen LogP contribution in [0.3, 0.4) is 0 Å². The molecule has 0 radical (unpaired) electrons. The number of benzene rings is 2. The summed E-state index contributed by atoms with van der Waals surface area (Å²) in [6.07, 6.45) is -1.01. The van der Waals surface area contributed by atoms with Gasteiger partial charge < -0.3 is 19.3 Å². The quantitative estimate of drug-likeness (QED) is 0.480. The van der Waals surface area contributed by atoms with E-state index in [9.17, 15) is 14.3 Å². The molecule has 3 atom stereocenters. The highest BCUT2D eigenvalue weighted by atomic mass is 35.5. The van der Waals surface area contributed by atoms with E-state index in [2.05, 4.69) is 14.6 Å². The number of nitrogens with zero attached hydrogens (tertiary/aromatic N) is 3. The zero-order chi connectivity index (χ0) is 24.7. The van der Waals surface area contributed by atoms with Crippen LogP contribution in [0.1, 0.15) is 44.8 Å². The number of aliphatic hydroxyl groups excluding tert-OH is 1. The van der Waals surface area contributed by atoms with Crippen LogP contribution in [-0.2, 0) is 16.1 Å². The second-order valence-electron chi connectivity index (χ2n) is 9.26. The molecule has 1 N–H and O–H groups in total. The lowest BCUT2D eigenvalue weighted by Gasteiger charge is -2.46. The maximum absolute atomic E-state index is 14.6. The van der Waals surface area contributed by atoms with Crippen molar-refractivity contribution in [2.24, 2.45) is 0 Å². The van der Waals surface area contributed by atoms with Crippen molar-refractivity contribution in [2.75, 3.05) is 46.4 Å². The summed E-state index contributed by atoms with van der Waals surface area (Å²) < 4.78 is 31.1. The van der Waals surface area contributed by atoms with E-state index in [4.69, 9.17) is 20.8 Å². The lowest BCUT2D eigenvalue weighted by atomic mass is 9.95. The number of ether oxygens (including phenoxy) is 3. The average molecular weight is 518 g/mol. The van der Waals surface area contributed by atoms with Gasteiger partial charge in [0.2, 0.25) is 5.69 Å². The Morgan fingerprint density at radius 1 is 1.28 bits per heavy atom. The minimum Gasteiger partial charge on any atom is -0.495 e. The van der Waals surface area contributed by atoms with E-state index in [0.717, 1.165) is 36.3 Å². The average Bonchev–Trinajstić information content (AvgIpc) is 3.25. The molecule has 0 aromatic heterocycles. The molecule has 0 bridgehead atoms. The molecular formula is C26H29ClFN3O5. The highest BCUT2D eigenvalue weighted by Crippen LogP contribution is 2.38. The zero-order valence-corrected chi connectivity index (χ0v) is 21.0. The highest BCUT2D eigenvalue weighted by Gasteiger charge is 2.36. The molecule has 8 nitrogen and oxygen atoms in total. The number of hydrogen-bond acceptors (Lipinski definition) is 7. The summed E-state index contributed by atoms with van der Waals surface area (Å²) >= 11 is 0. The molecule has 3 aliphatic rings. The molecule has 5 rings (SSSR count). The highest BCUT2D eigenvalue weighted by molar-refractivity contribution is 5.94. The molecule has 0 unspecified atom stereocenters. The minimum absolute atomic E-state index is 0. The number of methoxy groups -OCH3 is 1. The van der Waals surface area contributed by atoms with E-state index in [0.29, 0.717) is 30.8 Å². The smallest absolute Gasteiger partial charge is 0.338 e. The molecule has 2 aromatic rings. The molecular weight excluding hydrogens is 489 g/mol. The maximum atomic E-state index is 14.6. The molecule has 10 heteroatoms. The second-order valence-corrected chi connectivity index (χ2v) is 9.26. The first-order valence-corrected chi connectivity index (χ1v) is 11.7. The molecule has 192 valence electrons. The van der Waals surface area contributed by atoms with E-state index in [1.54, 1.807) is 12.1 Å². The fourth-order valence-electron chi connectivity index (χ4n) is 5.38. The normalized spacial score (nSPS) is 22.6. The van der Waals surface area contributed by atoms with Gasteiger partial charge in [-0.25, -0.2) is 14.0 Å². The first kappa shape index (κ1) is 26.3. The molecule has 36 heavy (non-hydrogen) atoms. The van der Waals surface area contributed by atoms with Crippen LogP contribution < -0.4 is 4.74 Å². The van der Waals surface area contributed by atoms with Crippen molar-refractivity contribution >= 4 is 24.1 Å². The van der Waals surface area contributed by atoms with Gasteiger partial charge in [0, 0.05) is 49.9 Å². The fraction of sp³-hybridized carbons (Fsp3) is 0.462. The van der Waals surface area contributed by atoms with Gasteiger partial charge in [0.1, 0.15) is 12.4 Å². The van der Waals surface area contributed by atoms with E-state index in [1.165, 1.54) is 13.2 Å². The molecule has 0 spiro atoms. The van der Waals surface area contributed by atoms with Gasteiger partial charge in [0.25, 0.3) is 0 Å². The largest absolute Gasteiger partial charge is 0.495 e. The lowest BCUT2D eigenvalue weighted by Crippen LogP contribution is -2.58. The maximum Gasteiger partial charge on any atom is 0.338 e. The summed E-state index contributed by atoms with van der Waals surface area (Å²) in [5, 5.41) is 11.0. The van der Waals surface area contributed by atoms with Gasteiger partial charge in [0.15, 0.2) is 5.82 Å². The van der Waals surface area contributed by atoms with E-state index < -0.39 is 11.9 Å². The Bertz CT molecular complexity index is 1200. The Morgan fingerprint density at radius 3 is 2.83 bits per heavy atom. The van der Waals surface area contributed by atoms with Crippen LogP contribution in [0.25, 0.3) is 4.85 Å². The lowest BCUT2D eigenvalue weighted by molar-refractivity contribution is -0.0943. The van der Waals surface area contributed by atoms with Crippen molar-refractivity contribution in [3.63, 3.8) is 0 Å². The molecule has 2 aromatic carbocycles. The molecule has 0 saturated carbocycles. The Hall–Kier alpha value is -2.74. The van der Waals surface area contributed by atoms with Crippen molar-refractivity contribution in [3.05, 3.63) is 69.3 Å². The van der Waals surface area contributed by atoms with E-state index >= 15 is 0 Å². The van der Waals surface area contributed by atoms with Crippen LogP contribution >= 0.6 is 12.4 Å². The Labute approximate surface area is 215 Å². The number of piperazine rings is 1. The van der Waals surface area contributed by atoms with Crippen molar-refractivity contribution in [2.45, 2.75) is 31.8 Å². The SMILES string of the molecule is Cl.[C-]#[N+]c1ccc([C@@H]2CN3CCN(C[C@H](O)c4ccc5c(c4C)COC5=O)C[C@@H]3CO2)c(OC)c1F. The summed E-state index contributed by atoms with van der Waals surface area (Å²) in [5.41, 5.74) is 3.73. The minimum atomic E-state index is -0.673. The number of cyclic esters (lactones) is 1. The number of esters is 1. The van der Waals surface area contributed by atoms with Crippen LogP contribution in [0.5, 0.6) is 5.75 Å². The Morgan fingerprint density at radius 2 is 2.08 bits per heavy atom. The third-order valence-electron chi connectivity index (χ3n) is 7.36. The molecule has 2 saturated heterocycles. The third-order valence-corrected chi connectivity index (χ3v) is 7.36. The second kappa shape index (κ2) is 10.7. The first-order chi connectivity index (χ1) is 16.9. The van der Waals surface area contributed by atoms with Gasteiger partial charge in [-0.15, -0.1) is 12.4 Å². The number of aliphatic hydroxyl groups is 1. The van der Waals surface area contributed by atoms with Crippen LogP contribution in [0.15, 0.2) is 24.3 Å². The van der Waals surface area contributed by atoms with Gasteiger partial charge in [-0.05, 0) is 24.1 Å². The van der Waals surface area contributed by atoms with Gasteiger partial charge >= 0.3 is 5.97 Å². The number of carbonyl (C=O) groups excluding carboxylic acids is 1. The number of β-amino-alcohol motifs (C(OH)–C–C–N with tert-alkyl or cyclic N) is 1. The number of halogens is 2.